The van der Waals surface area contributed by atoms with Gasteiger partial charge in [-0.15, -0.1) is 0 Å². The predicted octanol–water partition coefficient (Wildman–Crippen LogP) is 4.23. The van der Waals surface area contributed by atoms with Crippen LogP contribution in [0.2, 0.25) is 0 Å². The Morgan fingerprint density at radius 3 is 2.40 bits per heavy atom. The van der Waals surface area contributed by atoms with Crippen molar-refractivity contribution in [2.24, 2.45) is 0 Å². The van der Waals surface area contributed by atoms with E-state index in [1.165, 1.54) is 0 Å². The fraction of sp³-hybridized carbons (Fsp3) is 0.200. The summed E-state index contributed by atoms with van der Waals surface area (Å²) < 4.78 is 5.55. The number of carbonyl (C=O) groups excluding carboxylic acids is 2. The topological polar surface area (TPSA) is 46.6 Å². The lowest BCUT2D eigenvalue weighted by molar-refractivity contribution is -0.119. The molecule has 0 aromatic heterocycles. The summed E-state index contributed by atoms with van der Waals surface area (Å²) in [6, 6.07) is 12.5. The monoisotopic (exact) mass is 355 g/mol. The molecule has 1 heterocycles. The zero-order valence-corrected chi connectivity index (χ0v) is 15.1. The SMILES string of the molecule is CCOc1ccccc1N1C(=O)C(Cl)=C(c2ccc(C)c(C)c2)C1=O. The van der Waals surface area contributed by atoms with Gasteiger partial charge in [0.2, 0.25) is 0 Å². The molecule has 128 valence electrons. The molecule has 0 aliphatic carbocycles. The molecule has 0 radical (unpaired) electrons. The quantitative estimate of drug-likeness (QED) is 0.771. The smallest absolute Gasteiger partial charge is 0.277 e. The number of nitrogens with zero attached hydrogens (tertiary/aromatic N) is 1. The average molecular weight is 356 g/mol. The highest BCUT2D eigenvalue weighted by Crippen LogP contribution is 2.38. The maximum Gasteiger partial charge on any atom is 0.277 e. The molecule has 0 spiro atoms. The molecular weight excluding hydrogens is 338 g/mol. The lowest BCUT2D eigenvalue weighted by Gasteiger charge is -2.18. The van der Waals surface area contributed by atoms with Gasteiger partial charge in [0.15, 0.2) is 0 Å². The van der Waals surface area contributed by atoms with Crippen molar-refractivity contribution in [1.29, 1.82) is 0 Å². The summed E-state index contributed by atoms with van der Waals surface area (Å²) in [6.45, 7) is 6.21. The van der Waals surface area contributed by atoms with Gasteiger partial charge in [-0.25, -0.2) is 4.90 Å². The average Bonchev–Trinajstić information content (AvgIpc) is 2.81. The second-order valence-corrected chi connectivity index (χ2v) is 6.21. The second kappa shape index (κ2) is 6.73. The Hall–Kier alpha value is -2.59. The fourth-order valence-electron chi connectivity index (χ4n) is 2.79. The zero-order chi connectivity index (χ0) is 18.1. The van der Waals surface area contributed by atoms with E-state index in [0.717, 1.165) is 16.0 Å². The van der Waals surface area contributed by atoms with Crippen molar-refractivity contribution >= 4 is 34.7 Å². The molecule has 1 aliphatic heterocycles. The molecule has 0 bridgehead atoms. The van der Waals surface area contributed by atoms with E-state index >= 15 is 0 Å². The van der Waals surface area contributed by atoms with Crippen molar-refractivity contribution in [2.75, 3.05) is 11.5 Å². The van der Waals surface area contributed by atoms with Gasteiger partial charge in [0.25, 0.3) is 11.8 Å². The number of benzene rings is 2. The number of imide groups is 1. The maximum atomic E-state index is 13.0. The Kier molecular flexibility index (Phi) is 4.64. The van der Waals surface area contributed by atoms with Gasteiger partial charge < -0.3 is 4.74 Å². The van der Waals surface area contributed by atoms with E-state index in [1.54, 1.807) is 24.3 Å². The Balaban J connectivity index is 2.07. The van der Waals surface area contributed by atoms with Gasteiger partial charge in [0.1, 0.15) is 10.8 Å². The molecule has 3 rings (SSSR count). The van der Waals surface area contributed by atoms with Crippen LogP contribution in [0.15, 0.2) is 47.5 Å². The molecule has 0 unspecified atom stereocenters. The van der Waals surface area contributed by atoms with Gasteiger partial charge in [-0.3, -0.25) is 9.59 Å². The standard InChI is InChI=1S/C20H18ClNO3/c1-4-25-16-8-6-5-7-15(16)22-19(23)17(18(21)20(22)24)14-10-9-12(2)13(3)11-14/h5-11H,4H2,1-3H3. The Morgan fingerprint density at radius 1 is 1.00 bits per heavy atom. The first-order chi connectivity index (χ1) is 12.0. The molecule has 0 saturated heterocycles. The summed E-state index contributed by atoms with van der Waals surface area (Å²) in [5, 5.41) is -0.0699. The molecule has 4 nitrogen and oxygen atoms in total. The van der Waals surface area contributed by atoms with E-state index < -0.39 is 11.8 Å². The highest BCUT2D eigenvalue weighted by molar-refractivity contribution is 6.60. The minimum absolute atomic E-state index is 0.0699. The van der Waals surface area contributed by atoms with Crippen LogP contribution in [0.4, 0.5) is 5.69 Å². The number of amides is 2. The third-order valence-corrected chi connectivity index (χ3v) is 4.58. The fourth-order valence-corrected chi connectivity index (χ4v) is 3.06. The largest absolute Gasteiger partial charge is 0.492 e. The molecular formula is C20H18ClNO3. The first kappa shape index (κ1) is 17.2. The van der Waals surface area contributed by atoms with Crippen LogP contribution in [-0.2, 0) is 9.59 Å². The molecule has 25 heavy (non-hydrogen) atoms. The van der Waals surface area contributed by atoms with Crippen LogP contribution < -0.4 is 9.64 Å². The summed E-state index contributed by atoms with van der Waals surface area (Å²) in [6.07, 6.45) is 0. The van der Waals surface area contributed by atoms with Gasteiger partial charge >= 0.3 is 0 Å². The number of rotatable bonds is 4. The number of ether oxygens (including phenoxy) is 1. The third-order valence-electron chi connectivity index (χ3n) is 4.23. The summed E-state index contributed by atoms with van der Waals surface area (Å²) in [5.41, 5.74) is 3.40. The molecule has 2 aromatic carbocycles. The Morgan fingerprint density at radius 2 is 1.72 bits per heavy atom. The van der Waals surface area contributed by atoms with Crippen molar-refractivity contribution in [3.63, 3.8) is 0 Å². The molecule has 2 aromatic rings. The third kappa shape index (κ3) is 2.94. The molecule has 2 amide bonds. The summed E-state index contributed by atoms with van der Waals surface area (Å²) in [7, 11) is 0. The van der Waals surface area contributed by atoms with Crippen LogP contribution in [-0.4, -0.2) is 18.4 Å². The van der Waals surface area contributed by atoms with E-state index in [9.17, 15) is 9.59 Å². The number of hydrogen-bond acceptors (Lipinski definition) is 3. The summed E-state index contributed by atoms with van der Waals surface area (Å²) in [5.74, 6) is -0.505. The number of carbonyl (C=O) groups is 2. The zero-order valence-electron chi connectivity index (χ0n) is 14.3. The molecule has 0 saturated carbocycles. The van der Waals surface area contributed by atoms with Gasteiger partial charge in [-0.05, 0) is 49.6 Å². The lowest BCUT2D eigenvalue weighted by atomic mass is 10.0. The van der Waals surface area contributed by atoms with Crippen molar-refractivity contribution in [2.45, 2.75) is 20.8 Å². The van der Waals surface area contributed by atoms with Gasteiger partial charge in [0.05, 0.1) is 17.9 Å². The number of halogens is 1. The Bertz CT molecular complexity index is 902. The highest BCUT2D eigenvalue weighted by atomic mass is 35.5. The van der Waals surface area contributed by atoms with Crippen LogP contribution >= 0.6 is 11.6 Å². The Labute approximate surface area is 151 Å². The van der Waals surface area contributed by atoms with Gasteiger partial charge in [-0.2, -0.15) is 0 Å². The molecule has 0 N–H and O–H groups in total. The maximum absolute atomic E-state index is 13.0. The van der Waals surface area contributed by atoms with Crippen LogP contribution in [0.5, 0.6) is 5.75 Å². The number of anilines is 1. The second-order valence-electron chi connectivity index (χ2n) is 5.83. The van der Waals surface area contributed by atoms with E-state index in [1.807, 2.05) is 39.0 Å². The highest BCUT2D eigenvalue weighted by Gasteiger charge is 2.40. The molecule has 0 atom stereocenters. The minimum atomic E-state index is -0.535. The summed E-state index contributed by atoms with van der Waals surface area (Å²) in [4.78, 5) is 26.7. The first-order valence-electron chi connectivity index (χ1n) is 8.03. The lowest BCUT2D eigenvalue weighted by Crippen LogP contribution is -2.31. The molecule has 5 heteroatoms. The minimum Gasteiger partial charge on any atom is -0.492 e. The van der Waals surface area contributed by atoms with Gasteiger partial charge in [0, 0.05) is 0 Å². The van der Waals surface area contributed by atoms with Crippen LogP contribution in [0, 0.1) is 13.8 Å². The van der Waals surface area contributed by atoms with E-state index in [2.05, 4.69) is 0 Å². The number of aryl methyl sites for hydroxylation is 2. The number of hydrogen-bond donors (Lipinski definition) is 0. The van der Waals surface area contributed by atoms with E-state index in [4.69, 9.17) is 16.3 Å². The van der Waals surface area contributed by atoms with Crippen LogP contribution in [0.3, 0.4) is 0 Å². The van der Waals surface area contributed by atoms with Crippen molar-refractivity contribution < 1.29 is 14.3 Å². The molecule has 0 fully saturated rings. The first-order valence-corrected chi connectivity index (χ1v) is 8.41. The molecule has 1 aliphatic rings. The normalized spacial score (nSPS) is 14.5. The predicted molar refractivity (Wildman–Crippen MR) is 98.8 cm³/mol. The van der Waals surface area contributed by atoms with Crippen LogP contribution in [0.1, 0.15) is 23.6 Å². The van der Waals surface area contributed by atoms with Crippen molar-refractivity contribution in [3.8, 4) is 5.75 Å². The van der Waals surface area contributed by atoms with Gasteiger partial charge in [-0.1, -0.05) is 41.9 Å². The number of para-hydroxylation sites is 2. The summed E-state index contributed by atoms with van der Waals surface area (Å²) >= 11 is 6.25. The van der Waals surface area contributed by atoms with Crippen molar-refractivity contribution in [1.82, 2.24) is 0 Å². The van der Waals surface area contributed by atoms with Crippen molar-refractivity contribution in [3.05, 3.63) is 64.2 Å². The van der Waals surface area contributed by atoms with E-state index in [-0.39, 0.29) is 10.6 Å². The van der Waals surface area contributed by atoms with E-state index in [0.29, 0.717) is 23.6 Å². The van der Waals surface area contributed by atoms with Crippen LogP contribution in [0.25, 0.3) is 5.57 Å².